The molecule has 0 heterocycles. The molecular weight excluding hydrogens is 279 g/mol. The highest BCUT2D eigenvalue weighted by molar-refractivity contribution is 7.89. The number of halogens is 2. The molecule has 0 spiro atoms. The second-order valence-electron chi connectivity index (χ2n) is 4.60. The summed E-state index contributed by atoms with van der Waals surface area (Å²) in [6.45, 7) is 0.673. The van der Waals surface area contributed by atoms with Gasteiger partial charge in [0, 0.05) is 11.6 Å². The SMILES string of the molecule is NCC1(CNS(=O)(=O)c2ccc(Cl)cc2F)CC1. The van der Waals surface area contributed by atoms with Crippen molar-refractivity contribution in [1.82, 2.24) is 4.72 Å². The lowest BCUT2D eigenvalue weighted by Gasteiger charge is -2.14. The number of benzene rings is 1. The van der Waals surface area contributed by atoms with Crippen molar-refractivity contribution in [1.29, 1.82) is 0 Å². The second kappa shape index (κ2) is 4.77. The zero-order chi connectivity index (χ0) is 13.4. The molecule has 1 fully saturated rings. The maximum absolute atomic E-state index is 13.5. The number of hydrogen-bond acceptors (Lipinski definition) is 3. The summed E-state index contributed by atoms with van der Waals surface area (Å²) in [5.74, 6) is -0.854. The van der Waals surface area contributed by atoms with Gasteiger partial charge < -0.3 is 5.73 Å². The summed E-state index contributed by atoms with van der Waals surface area (Å²) >= 11 is 5.58. The van der Waals surface area contributed by atoms with Crippen molar-refractivity contribution < 1.29 is 12.8 Å². The van der Waals surface area contributed by atoms with Crippen LogP contribution >= 0.6 is 11.6 Å². The molecule has 18 heavy (non-hydrogen) atoms. The van der Waals surface area contributed by atoms with Crippen molar-refractivity contribution >= 4 is 21.6 Å². The highest BCUT2D eigenvalue weighted by Gasteiger charge is 2.42. The number of nitrogens with two attached hydrogens (primary N) is 1. The first kappa shape index (κ1) is 13.7. The fourth-order valence-corrected chi connectivity index (χ4v) is 3.02. The van der Waals surface area contributed by atoms with Gasteiger partial charge in [-0.3, -0.25) is 0 Å². The first-order valence-corrected chi connectivity index (χ1v) is 7.39. The summed E-state index contributed by atoms with van der Waals surface area (Å²) < 4.78 is 39.8. The smallest absolute Gasteiger partial charge is 0.243 e. The Morgan fingerprint density at radius 1 is 1.44 bits per heavy atom. The van der Waals surface area contributed by atoms with E-state index in [1.165, 1.54) is 6.07 Å². The van der Waals surface area contributed by atoms with E-state index in [0.717, 1.165) is 25.0 Å². The predicted molar refractivity (Wildman–Crippen MR) is 67.3 cm³/mol. The Balaban J connectivity index is 2.15. The molecule has 1 aliphatic rings. The predicted octanol–water partition coefficient (Wildman–Crippen LogP) is 1.50. The van der Waals surface area contributed by atoms with E-state index < -0.39 is 15.8 Å². The Kier molecular flexibility index (Phi) is 3.64. The molecular formula is C11H14ClFN2O2S. The second-order valence-corrected chi connectivity index (χ2v) is 6.78. The highest BCUT2D eigenvalue weighted by atomic mass is 35.5. The van der Waals surface area contributed by atoms with Gasteiger partial charge in [0.25, 0.3) is 0 Å². The van der Waals surface area contributed by atoms with Crippen LogP contribution in [0.5, 0.6) is 0 Å². The summed E-state index contributed by atoms with van der Waals surface area (Å²) in [6, 6.07) is 3.48. The average Bonchev–Trinajstić information content (AvgIpc) is 3.07. The molecule has 100 valence electrons. The highest BCUT2D eigenvalue weighted by Crippen LogP contribution is 2.43. The lowest BCUT2D eigenvalue weighted by molar-refractivity contribution is 0.497. The van der Waals surface area contributed by atoms with Crippen molar-refractivity contribution in [2.45, 2.75) is 17.7 Å². The third kappa shape index (κ3) is 2.83. The van der Waals surface area contributed by atoms with E-state index in [2.05, 4.69) is 4.72 Å². The van der Waals surface area contributed by atoms with Crippen LogP contribution < -0.4 is 10.5 Å². The van der Waals surface area contributed by atoms with Crippen LogP contribution in [0.2, 0.25) is 5.02 Å². The zero-order valence-corrected chi connectivity index (χ0v) is 11.2. The van der Waals surface area contributed by atoms with Crippen LogP contribution in [0.25, 0.3) is 0 Å². The minimum atomic E-state index is -3.85. The average molecular weight is 293 g/mol. The first-order valence-electron chi connectivity index (χ1n) is 5.53. The van der Waals surface area contributed by atoms with Crippen LogP contribution in [0, 0.1) is 11.2 Å². The van der Waals surface area contributed by atoms with E-state index in [4.69, 9.17) is 17.3 Å². The molecule has 1 aliphatic carbocycles. The van der Waals surface area contributed by atoms with Crippen LogP contribution in [0.15, 0.2) is 23.1 Å². The van der Waals surface area contributed by atoms with E-state index in [0.29, 0.717) is 6.54 Å². The van der Waals surface area contributed by atoms with Gasteiger partial charge in [0.05, 0.1) is 0 Å². The molecule has 0 aromatic heterocycles. The van der Waals surface area contributed by atoms with Gasteiger partial charge in [-0.05, 0) is 43.0 Å². The van der Waals surface area contributed by atoms with Crippen LogP contribution in [0.3, 0.4) is 0 Å². The van der Waals surface area contributed by atoms with Gasteiger partial charge in [0.2, 0.25) is 10.0 Å². The number of nitrogens with one attached hydrogen (secondary N) is 1. The molecule has 0 unspecified atom stereocenters. The molecule has 4 nitrogen and oxygen atoms in total. The van der Waals surface area contributed by atoms with Crippen molar-refractivity contribution in [2.75, 3.05) is 13.1 Å². The molecule has 0 aliphatic heterocycles. The lowest BCUT2D eigenvalue weighted by Crippen LogP contribution is -2.34. The van der Waals surface area contributed by atoms with E-state index >= 15 is 0 Å². The van der Waals surface area contributed by atoms with E-state index in [1.807, 2.05) is 0 Å². The molecule has 0 atom stereocenters. The van der Waals surface area contributed by atoms with Gasteiger partial charge in [-0.15, -0.1) is 0 Å². The third-order valence-electron chi connectivity index (χ3n) is 3.21. The fraction of sp³-hybridized carbons (Fsp3) is 0.455. The van der Waals surface area contributed by atoms with Gasteiger partial charge in [0.15, 0.2) is 0 Å². The summed E-state index contributed by atoms with van der Waals surface area (Å²) in [7, 11) is -3.85. The van der Waals surface area contributed by atoms with E-state index in [9.17, 15) is 12.8 Å². The van der Waals surface area contributed by atoms with Crippen molar-refractivity contribution in [3.05, 3.63) is 29.0 Å². The topological polar surface area (TPSA) is 72.2 Å². The molecule has 0 radical (unpaired) electrons. The van der Waals surface area contributed by atoms with Crippen LogP contribution in [0.4, 0.5) is 4.39 Å². The molecule has 0 amide bonds. The molecule has 7 heteroatoms. The summed E-state index contributed by atoms with van der Waals surface area (Å²) in [5, 5.41) is 0.159. The van der Waals surface area contributed by atoms with Gasteiger partial charge >= 0.3 is 0 Å². The maximum atomic E-state index is 13.5. The Morgan fingerprint density at radius 3 is 2.61 bits per heavy atom. The van der Waals surface area contributed by atoms with Gasteiger partial charge in [0.1, 0.15) is 10.7 Å². The van der Waals surface area contributed by atoms with Crippen molar-refractivity contribution in [3.8, 4) is 0 Å². The van der Waals surface area contributed by atoms with E-state index in [1.54, 1.807) is 0 Å². The van der Waals surface area contributed by atoms with Crippen LogP contribution in [-0.4, -0.2) is 21.5 Å². The fourth-order valence-electron chi connectivity index (χ4n) is 1.65. The molecule has 1 aromatic carbocycles. The van der Waals surface area contributed by atoms with Crippen LogP contribution in [-0.2, 0) is 10.0 Å². The molecule has 1 saturated carbocycles. The van der Waals surface area contributed by atoms with Crippen LogP contribution in [0.1, 0.15) is 12.8 Å². The minimum absolute atomic E-state index is 0.143. The zero-order valence-electron chi connectivity index (χ0n) is 9.62. The van der Waals surface area contributed by atoms with E-state index in [-0.39, 0.29) is 21.9 Å². The first-order chi connectivity index (χ1) is 8.38. The maximum Gasteiger partial charge on any atom is 0.243 e. The quantitative estimate of drug-likeness (QED) is 0.864. The van der Waals surface area contributed by atoms with Gasteiger partial charge in [-0.25, -0.2) is 17.5 Å². The van der Waals surface area contributed by atoms with Gasteiger partial charge in [-0.2, -0.15) is 0 Å². The summed E-state index contributed by atoms with van der Waals surface area (Å²) in [6.07, 6.45) is 1.80. The van der Waals surface area contributed by atoms with Crippen molar-refractivity contribution in [2.24, 2.45) is 11.1 Å². The molecule has 3 N–H and O–H groups in total. The molecule has 2 rings (SSSR count). The Bertz CT molecular complexity index is 558. The normalized spacial score (nSPS) is 17.7. The summed E-state index contributed by atoms with van der Waals surface area (Å²) in [5.41, 5.74) is 5.42. The Hall–Kier alpha value is -0.690. The number of hydrogen-bond donors (Lipinski definition) is 2. The molecule has 0 saturated heterocycles. The summed E-state index contributed by atoms with van der Waals surface area (Å²) in [4.78, 5) is -0.389. The number of rotatable bonds is 5. The van der Waals surface area contributed by atoms with Crippen molar-refractivity contribution in [3.63, 3.8) is 0 Å². The number of sulfonamides is 1. The monoisotopic (exact) mass is 292 g/mol. The van der Waals surface area contributed by atoms with Gasteiger partial charge in [-0.1, -0.05) is 11.6 Å². The largest absolute Gasteiger partial charge is 0.330 e. The molecule has 0 bridgehead atoms. The minimum Gasteiger partial charge on any atom is -0.330 e. The molecule has 1 aromatic rings. The Morgan fingerprint density at radius 2 is 2.11 bits per heavy atom. The lowest BCUT2D eigenvalue weighted by atomic mass is 10.1. The standard InChI is InChI=1S/C11H14ClFN2O2S/c12-8-1-2-10(9(13)5-8)18(16,17)15-7-11(6-14)3-4-11/h1-2,5,15H,3-4,6-7,14H2. The third-order valence-corrected chi connectivity index (χ3v) is 4.88. The Labute approximate surface area is 110 Å².